The summed E-state index contributed by atoms with van der Waals surface area (Å²) in [7, 11) is 1.43. The van der Waals surface area contributed by atoms with E-state index in [-0.39, 0.29) is 16.9 Å². The van der Waals surface area contributed by atoms with Crippen LogP contribution in [0.4, 0.5) is 17.1 Å². The molecular formula is C23H20ClN3O6. The Morgan fingerprint density at radius 3 is 2.48 bits per heavy atom. The fraction of sp³-hybridized carbons (Fsp3) is 0.130. The van der Waals surface area contributed by atoms with E-state index in [2.05, 4.69) is 10.6 Å². The van der Waals surface area contributed by atoms with Gasteiger partial charge in [-0.25, -0.2) is 4.79 Å². The van der Waals surface area contributed by atoms with Crippen LogP contribution >= 0.6 is 11.6 Å². The summed E-state index contributed by atoms with van der Waals surface area (Å²) < 4.78 is 10.1. The number of hydrogen-bond acceptors (Lipinski definition) is 7. The number of halogens is 1. The first-order valence-corrected chi connectivity index (χ1v) is 10.1. The Balaban J connectivity index is 1.63. The summed E-state index contributed by atoms with van der Waals surface area (Å²) in [6, 6.07) is 18.0. The highest BCUT2D eigenvalue weighted by atomic mass is 35.5. The lowest BCUT2D eigenvalue weighted by Crippen LogP contribution is -2.21. The van der Waals surface area contributed by atoms with Crippen LogP contribution in [0.25, 0.3) is 0 Å². The molecule has 9 nitrogen and oxygen atoms in total. The molecular weight excluding hydrogens is 450 g/mol. The second kappa shape index (κ2) is 11.0. The van der Waals surface area contributed by atoms with Crippen LogP contribution in [0.1, 0.15) is 15.9 Å². The molecule has 0 aliphatic heterocycles. The number of hydrogen-bond donors (Lipinski definition) is 2. The standard InChI is InChI=1S/C23H20ClN3O6/c1-32-21-10-8-17(24)12-19(21)26-22(28)14-33-23(29)16-7-9-18(20(11-16)27(30)31)25-13-15-5-3-2-4-6-15/h2-12,25H,13-14H2,1H3,(H,26,28). The van der Waals surface area contributed by atoms with Crippen molar-refractivity contribution in [1.29, 1.82) is 0 Å². The molecule has 3 aromatic rings. The number of nitro benzene ring substituents is 1. The predicted molar refractivity (Wildman–Crippen MR) is 124 cm³/mol. The maximum absolute atomic E-state index is 12.4. The largest absolute Gasteiger partial charge is 0.495 e. The van der Waals surface area contributed by atoms with Crippen molar-refractivity contribution in [2.24, 2.45) is 0 Å². The molecule has 0 fully saturated rings. The van der Waals surface area contributed by atoms with Crippen molar-refractivity contribution in [3.05, 3.63) is 93.0 Å². The van der Waals surface area contributed by atoms with Crippen molar-refractivity contribution >= 4 is 40.5 Å². The fourth-order valence-electron chi connectivity index (χ4n) is 2.93. The molecule has 0 aliphatic carbocycles. The van der Waals surface area contributed by atoms with E-state index >= 15 is 0 Å². The summed E-state index contributed by atoms with van der Waals surface area (Å²) in [5.74, 6) is -1.12. The van der Waals surface area contributed by atoms with Crippen LogP contribution in [0.15, 0.2) is 66.7 Å². The lowest BCUT2D eigenvalue weighted by molar-refractivity contribution is -0.384. The smallest absolute Gasteiger partial charge is 0.338 e. The highest BCUT2D eigenvalue weighted by Crippen LogP contribution is 2.28. The fourth-order valence-corrected chi connectivity index (χ4v) is 3.10. The summed E-state index contributed by atoms with van der Waals surface area (Å²) in [6.07, 6.45) is 0. The molecule has 0 saturated heterocycles. The van der Waals surface area contributed by atoms with Gasteiger partial charge in [0, 0.05) is 17.6 Å². The number of nitro groups is 1. The van der Waals surface area contributed by atoms with E-state index in [0.717, 1.165) is 11.6 Å². The second-order valence-electron chi connectivity index (χ2n) is 6.80. The third kappa shape index (κ3) is 6.44. The van der Waals surface area contributed by atoms with Gasteiger partial charge in [0.15, 0.2) is 6.61 Å². The first kappa shape index (κ1) is 23.6. The van der Waals surface area contributed by atoms with Gasteiger partial charge in [-0.2, -0.15) is 0 Å². The van der Waals surface area contributed by atoms with Gasteiger partial charge >= 0.3 is 5.97 Å². The average Bonchev–Trinajstić information content (AvgIpc) is 2.82. The zero-order valence-corrected chi connectivity index (χ0v) is 18.3. The Hall–Kier alpha value is -4.11. The van der Waals surface area contributed by atoms with Gasteiger partial charge in [-0.15, -0.1) is 0 Å². The Labute approximate surface area is 194 Å². The molecule has 3 aromatic carbocycles. The summed E-state index contributed by atoms with van der Waals surface area (Å²) in [6.45, 7) is -0.227. The molecule has 0 radical (unpaired) electrons. The molecule has 2 N–H and O–H groups in total. The molecule has 0 aromatic heterocycles. The minimum absolute atomic E-state index is 0.0555. The van der Waals surface area contributed by atoms with Crippen LogP contribution in [0.2, 0.25) is 5.02 Å². The van der Waals surface area contributed by atoms with Gasteiger partial charge in [0.2, 0.25) is 0 Å². The van der Waals surface area contributed by atoms with Crippen molar-refractivity contribution in [3.63, 3.8) is 0 Å². The maximum Gasteiger partial charge on any atom is 0.338 e. The first-order valence-electron chi connectivity index (χ1n) is 9.74. The van der Waals surface area contributed by atoms with Gasteiger partial charge in [0.05, 0.1) is 23.3 Å². The van der Waals surface area contributed by atoms with Crippen molar-refractivity contribution in [2.45, 2.75) is 6.54 Å². The van der Waals surface area contributed by atoms with Gasteiger partial charge in [0.1, 0.15) is 11.4 Å². The Morgan fingerprint density at radius 2 is 1.79 bits per heavy atom. The van der Waals surface area contributed by atoms with E-state index in [1.807, 2.05) is 30.3 Å². The number of carbonyl (C=O) groups excluding carboxylic acids is 2. The third-order valence-corrected chi connectivity index (χ3v) is 4.76. The number of anilines is 2. The number of rotatable bonds is 9. The minimum Gasteiger partial charge on any atom is -0.495 e. The number of nitrogens with zero attached hydrogens (tertiary/aromatic N) is 1. The zero-order valence-electron chi connectivity index (χ0n) is 17.5. The van der Waals surface area contributed by atoms with E-state index in [9.17, 15) is 19.7 Å². The molecule has 10 heteroatoms. The molecule has 0 saturated carbocycles. The molecule has 0 aliphatic rings. The van der Waals surface area contributed by atoms with Crippen LogP contribution in [-0.2, 0) is 16.1 Å². The van der Waals surface area contributed by atoms with Crippen LogP contribution < -0.4 is 15.4 Å². The number of esters is 1. The van der Waals surface area contributed by atoms with E-state index in [1.54, 1.807) is 12.1 Å². The molecule has 33 heavy (non-hydrogen) atoms. The van der Waals surface area contributed by atoms with E-state index in [4.69, 9.17) is 21.1 Å². The lowest BCUT2D eigenvalue weighted by Gasteiger charge is -2.11. The predicted octanol–water partition coefficient (Wildman–Crippen LogP) is 4.66. The number of carbonyl (C=O) groups is 2. The SMILES string of the molecule is COc1ccc(Cl)cc1NC(=O)COC(=O)c1ccc(NCc2ccccc2)c([N+](=O)[O-])c1. The highest BCUT2D eigenvalue weighted by Gasteiger charge is 2.19. The quantitative estimate of drug-likeness (QED) is 0.265. The van der Waals surface area contributed by atoms with Gasteiger partial charge < -0.3 is 20.1 Å². The summed E-state index contributed by atoms with van der Waals surface area (Å²) in [5, 5.41) is 17.4. The Bertz CT molecular complexity index is 1170. The zero-order chi connectivity index (χ0) is 23.8. The molecule has 0 bridgehead atoms. The van der Waals surface area contributed by atoms with Crippen LogP contribution in [-0.4, -0.2) is 30.5 Å². The monoisotopic (exact) mass is 469 g/mol. The molecule has 170 valence electrons. The van der Waals surface area contributed by atoms with Crippen molar-refractivity contribution < 1.29 is 24.0 Å². The van der Waals surface area contributed by atoms with E-state index in [0.29, 0.717) is 23.0 Å². The second-order valence-corrected chi connectivity index (χ2v) is 7.23. The molecule has 0 unspecified atom stereocenters. The first-order chi connectivity index (χ1) is 15.9. The normalized spacial score (nSPS) is 10.2. The van der Waals surface area contributed by atoms with Crippen molar-refractivity contribution in [3.8, 4) is 5.75 Å². The van der Waals surface area contributed by atoms with E-state index in [1.165, 1.54) is 25.3 Å². The number of amides is 1. The molecule has 0 heterocycles. The number of nitrogens with one attached hydrogen (secondary N) is 2. The minimum atomic E-state index is -0.874. The molecule has 0 spiro atoms. The van der Waals surface area contributed by atoms with Crippen LogP contribution in [0.5, 0.6) is 5.75 Å². The van der Waals surface area contributed by atoms with Crippen molar-refractivity contribution in [2.75, 3.05) is 24.4 Å². The van der Waals surface area contributed by atoms with Crippen LogP contribution in [0.3, 0.4) is 0 Å². The topological polar surface area (TPSA) is 120 Å². The summed E-state index contributed by atoms with van der Waals surface area (Å²) in [5.41, 5.74) is 1.17. The maximum atomic E-state index is 12.4. The molecule has 0 atom stereocenters. The lowest BCUT2D eigenvalue weighted by atomic mass is 10.1. The summed E-state index contributed by atoms with van der Waals surface area (Å²) >= 11 is 5.92. The number of methoxy groups -OCH3 is 1. The van der Waals surface area contributed by atoms with Gasteiger partial charge in [-0.3, -0.25) is 14.9 Å². The van der Waals surface area contributed by atoms with E-state index < -0.39 is 23.4 Å². The van der Waals surface area contributed by atoms with Gasteiger partial charge in [0.25, 0.3) is 11.6 Å². The number of benzene rings is 3. The average molecular weight is 470 g/mol. The van der Waals surface area contributed by atoms with Gasteiger partial charge in [-0.05, 0) is 35.9 Å². The Kier molecular flexibility index (Phi) is 7.82. The van der Waals surface area contributed by atoms with Gasteiger partial charge in [-0.1, -0.05) is 41.9 Å². The Morgan fingerprint density at radius 1 is 1.03 bits per heavy atom. The van der Waals surface area contributed by atoms with Crippen molar-refractivity contribution in [1.82, 2.24) is 0 Å². The number of ether oxygens (including phenoxy) is 2. The third-order valence-electron chi connectivity index (χ3n) is 4.53. The molecule has 3 rings (SSSR count). The highest BCUT2D eigenvalue weighted by molar-refractivity contribution is 6.31. The molecule has 1 amide bonds. The van der Waals surface area contributed by atoms with Crippen LogP contribution in [0, 0.1) is 10.1 Å². The summed E-state index contributed by atoms with van der Waals surface area (Å²) in [4.78, 5) is 35.4.